The Labute approximate surface area is 130 Å². The van der Waals surface area contributed by atoms with E-state index < -0.39 is 17.7 Å². The average Bonchev–Trinajstić information content (AvgIpc) is 2.51. The van der Waals surface area contributed by atoms with Crippen molar-refractivity contribution >= 4 is 22.6 Å². The Kier molecular flexibility index (Phi) is 5.05. The maximum Gasteiger partial charge on any atom is 0.416 e. The normalized spacial score (nSPS) is 11.5. The summed E-state index contributed by atoms with van der Waals surface area (Å²) in [6.07, 6.45) is -3.31. The number of nitrogens with zero attached hydrogens (tertiary/aromatic N) is 1. The lowest BCUT2D eigenvalue weighted by Crippen LogP contribution is -2.14. The molecule has 124 valence electrons. The third-order valence-corrected chi connectivity index (χ3v) is 3.11. The average molecular weight is 328 g/mol. The molecule has 0 aliphatic carbocycles. The SMILES string of the molecule is CCOC(=O)c1cnc2cc(C(F)(F)F)ccc2c1NCCO. The van der Waals surface area contributed by atoms with Crippen LogP contribution in [0.5, 0.6) is 0 Å². The highest BCUT2D eigenvalue weighted by Gasteiger charge is 2.31. The molecule has 23 heavy (non-hydrogen) atoms. The number of carbonyl (C=O) groups excluding carboxylic acids is 1. The summed E-state index contributed by atoms with van der Waals surface area (Å²) in [5.41, 5.74) is -0.341. The van der Waals surface area contributed by atoms with Gasteiger partial charge in [0.15, 0.2) is 0 Å². The summed E-state index contributed by atoms with van der Waals surface area (Å²) in [4.78, 5) is 15.9. The first-order valence-electron chi connectivity index (χ1n) is 6.90. The molecule has 0 unspecified atom stereocenters. The van der Waals surface area contributed by atoms with Gasteiger partial charge in [0.25, 0.3) is 0 Å². The van der Waals surface area contributed by atoms with Gasteiger partial charge in [0.1, 0.15) is 5.56 Å². The highest BCUT2D eigenvalue weighted by molar-refractivity contribution is 6.05. The molecule has 1 heterocycles. The van der Waals surface area contributed by atoms with Crippen LogP contribution in [0.15, 0.2) is 24.4 Å². The number of alkyl halides is 3. The number of anilines is 1. The van der Waals surface area contributed by atoms with Crippen LogP contribution in [-0.2, 0) is 10.9 Å². The summed E-state index contributed by atoms with van der Waals surface area (Å²) in [7, 11) is 0. The Morgan fingerprint density at radius 3 is 2.74 bits per heavy atom. The maximum atomic E-state index is 12.8. The summed E-state index contributed by atoms with van der Waals surface area (Å²) in [6, 6.07) is 3.07. The summed E-state index contributed by atoms with van der Waals surface area (Å²) >= 11 is 0. The fraction of sp³-hybridized carbons (Fsp3) is 0.333. The van der Waals surface area contributed by atoms with E-state index in [2.05, 4.69) is 10.3 Å². The number of rotatable bonds is 5. The van der Waals surface area contributed by atoms with Crippen LogP contribution in [0.3, 0.4) is 0 Å². The largest absolute Gasteiger partial charge is 0.462 e. The molecule has 0 fully saturated rings. The quantitative estimate of drug-likeness (QED) is 0.826. The second kappa shape index (κ2) is 6.82. The van der Waals surface area contributed by atoms with Crippen LogP contribution in [0.25, 0.3) is 10.9 Å². The Bertz CT molecular complexity index is 717. The van der Waals surface area contributed by atoms with E-state index >= 15 is 0 Å². The number of aliphatic hydroxyl groups is 1. The maximum absolute atomic E-state index is 12.8. The van der Waals surface area contributed by atoms with Gasteiger partial charge in [-0.05, 0) is 19.1 Å². The van der Waals surface area contributed by atoms with Crippen molar-refractivity contribution in [3.63, 3.8) is 0 Å². The van der Waals surface area contributed by atoms with E-state index in [9.17, 15) is 18.0 Å². The first-order chi connectivity index (χ1) is 10.9. The number of ether oxygens (including phenoxy) is 1. The number of pyridine rings is 1. The van der Waals surface area contributed by atoms with Crippen LogP contribution in [0, 0.1) is 0 Å². The van der Waals surface area contributed by atoms with Gasteiger partial charge in [-0.15, -0.1) is 0 Å². The number of benzene rings is 1. The van der Waals surface area contributed by atoms with Gasteiger partial charge in [-0.1, -0.05) is 6.07 Å². The minimum atomic E-state index is -4.48. The molecule has 1 aromatic heterocycles. The number of halogens is 3. The monoisotopic (exact) mass is 328 g/mol. The van der Waals surface area contributed by atoms with Gasteiger partial charge >= 0.3 is 12.1 Å². The fourth-order valence-electron chi connectivity index (χ4n) is 2.10. The number of hydrogen-bond donors (Lipinski definition) is 2. The molecule has 8 heteroatoms. The molecule has 0 bridgehead atoms. The standard InChI is InChI=1S/C15H15F3N2O3/c1-2-23-14(22)11-8-20-12-7-9(15(16,17)18)3-4-10(12)13(11)19-5-6-21/h3-4,7-8,21H,2,5-6H2,1H3,(H,19,20). The molecular formula is C15H15F3N2O3. The third-order valence-electron chi connectivity index (χ3n) is 3.11. The number of fused-ring (bicyclic) bond motifs is 1. The number of aromatic nitrogens is 1. The van der Waals surface area contributed by atoms with E-state index in [0.29, 0.717) is 5.39 Å². The number of esters is 1. The minimum Gasteiger partial charge on any atom is -0.462 e. The van der Waals surface area contributed by atoms with Crippen LogP contribution in [0.2, 0.25) is 0 Å². The molecule has 2 rings (SSSR count). The molecular weight excluding hydrogens is 313 g/mol. The van der Waals surface area contributed by atoms with Crippen molar-refractivity contribution < 1.29 is 27.8 Å². The van der Waals surface area contributed by atoms with Crippen molar-refractivity contribution in [1.29, 1.82) is 0 Å². The van der Waals surface area contributed by atoms with E-state index in [1.165, 1.54) is 12.3 Å². The Hall–Kier alpha value is -2.35. The van der Waals surface area contributed by atoms with Crippen LogP contribution in [0.1, 0.15) is 22.8 Å². The first-order valence-corrected chi connectivity index (χ1v) is 6.90. The number of carbonyl (C=O) groups is 1. The zero-order valence-electron chi connectivity index (χ0n) is 12.3. The van der Waals surface area contributed by atoms with E-state index in [1.807, 2.05) is 0 Å². The van der Waals surface area contributed by atoms with E-state index in [1.54, 1.807) is 6.92 Å². The van der Waals surface area contributed by atoms with Gasteiger partial charge in [0, 0.05) is 18.1 Å². The van der Waals surface area contributed by atoms with Crippen molar-refractivity contribution in [2.75, 3.05) is 25.1 Å². The number of hydrogen-bond acceptors (Lipinski definition) is 5. The predicted octanol–water partition coefficient (Wildman–Crippen LogP) is 2.83. The fourth-order valence-corrected chi connectivity index (χ4v) is 2.10. The zero-order valence-corrected chi connectivity index (χ0v) is 12.3. The lowest BCUT2D eigenvalue weighted by molar-refractivity contribution is -0.137. The third kappa shape index (κ3) is 3.70. The Morgan fingerprint density at radius 1 is 1.39 bits per heavy atom. The molecule has 0 amide bonds. The second-order valence-electron chi connectivity index (χ2n) is 4.65. The summed E-state index contributed by atoms with van der Waals surface area (Å²) in [5, 5.41) is 12.1. The number of aliphatic hydroxyl groups excluding tert-OH is 1. The smallest absolute Gasteiger partial charge is 0.416 e. The topological polar surface area (TPSA) is 71.5 Å². The van der Waals surface area contributed by atoms with Gasteiger partial charge in [0.2, 0.25) is 0 Å². The van der Waals surface area contributed by atoms with Gasteiger partial charge in [0.05, 0.1) is 30.0 Å². The van der Waals surface area contributed by atoms with Crippen molar-refractivity contribution in [2.24, 2.45) is 0 Å². The summed E-state index contributed by atoms with van der Waals surface area (Å²) < 4.78 is 43.2. The summed E-state index contributed by atoms with van der Waals surface area (Å²) in [6.45, 7) is 1.73. The predicted molar refractivity (Wildman–Crippen MR) is 78.3 cm³/mol. The molecule has 1 aromatic carbocycles. The Morgan fingerprint density at radius 2 is 2.13 bits per heavy atom. The van der Waals surface area contributed by atoms with Crippen LogP contribution in [-0.4, -0.2) is 35.8 Å². The number of nitrogens with one attached hydrogen (secondary N) is 1. The molecule has 0 spiro atoms. The molecule has 5 nitrogen and oxygen atoms in total. The van der Waals surface area contributed by atoms with Gasteiger partial charge in [-0.3, -0.25) is 4.98 Å². The van der Waals surface area contributed by atoms with Gasteiger partial charge in [-0.25, -0.2) is 4.79 Å². The van der Waals surface area contributed by atoms with Crippen molar-refractivity contribution in [3.8, 4) is 0 Å². The lowest BCUT2D eigenvalue weighted by Gasteiger charge is -2.14. The molecule has 0 atom stereocenters. The molecule has 0 saturated carbocycles. The first kappa shape index (κ1) is 17.0. The van der Waals surface area contributed by atoms with Crippen molar-refractivity contribution in [1.82, 2.24) is 4.98 Å². The van der Waals surface area contributed by atoms with Crippen LogP contribution in [0.4, 0.5) is 18.9 Å². The van der Waals surface area contributed by atoms with E-state index in [4.69, 9.17) is 9.84 Å². The van der Waals surface area contributed by atoms with E-state index in [0.717, 1.165) is 12.1 Å². The van der Waals surface area contributed by atoms with Crippen molar-refractivity contribution in [3.05, 3.63) is 35.5 Å². The van der Waals surface area contributed by atoms with E-state index in [-0.39, 0.29) is 36.5 Å². The molecule has 0 aliphatic rings. The molecule has 0 aliphatic heterocycles. The van der Waals surface area contributed by atoms with Crippen molar-refractivity contribution in [2.45, 2.75) is 13.1 Å². The molecule has 0 saturated heterocycles. The molecule has 2 N–H and O–H groups in total. The second-order valence-corrected chi connectivity index (χ2v) is 4.65. The highest BCUT2D eigenvalue weighted by Crippen LogP contribution is 2.33. The zero-order chi connectivity index (χ0) is 17.0. The van der Waals surface area contributed by atoms with Gasteiger partial charge < -0.3 is 15.2 Å². The Balaban J connectivity index is 2.59. The molecule has 0 radical (unpaired) electrons. The van der Waals surface area contributed by atoms with Gasteiger partial charge in [-0.2, -0.15) is 13.2 Å². The highest BCUT2D eigenvalue weighted by atomic mass is 19.4. The molecule has 2 aromatic rings. The minimum absolute atomic E-state index is 0.0910. The lowest BCUT2D eigenvalue weighted by atomic mass is 10.1. The summed E-state index contributed by atoms with van der Waals surface area (Å²) in [5.74, 6) is -0.637. The van der Waals surface area contributed by atoms with Crippen LogP contribution < -0.4 is 5.32 Å². The van der Waals surface area contributed by atoms with Crippen LogP contribution >= 0.6 is 0 Å².